The Hall–Kier alpha value is -0.220. The van der Waals surface area contributed by atoms with E-state index in [9.17, 15) is 4.79 Å². The number of hydrogen-bond donors (Lipinski definition) is 1. The molecule has 0 aliphatic carbocycles. The van der Waals surface area contributed by atoms with E-state index < -0.39 is 0 Å². The van der Waals surface area contributed by atoms with Crippen molar-refractivity contribution < 1.29 is 4.79 Å². The van der Waals surface area contributed by atoms with Crippen molar-refractivity contribution in [3.8, 4) is 0 Å². The molecule has 96 valence electrons. The van der Waals surface area contributed by atoms with Crippen LogP contribution < -0.4 is 5.32 Å². The zero-order valence-corrected chi connectivity index (χ0v) is 12.1. The predicted octanol–water partition coefficient (Wildman–Crippen LogP) is 1.98. The zero-order valence-electron chi connectivity index (χ0n) is 11.3. The summed E-state index contributed by atoms with van der Waals surface area (Å²) in [6.07, 6.45) is 0. The smallest absolute Gasteiger partial charge is 0.234 e. The first kappa shape index (κ1) is 15.8. The van der Waals surface area contributed by atoms with Gasteiger partial charge in [-0.3, -0.25) is 9.69 Å². The molecule has 0 atom stereocenters. The topological polar surface area (TPSA) is 32.3 Å². The van der Waals surface area contributed by atoms with Crippen molar-refractivity contribution in [2.24, 2.45) is 0 Å². The Morgan fingerprint density at radius 1 is 1.31 bits per heavy atom. The van der Waals surface area contributed by atoms with Gasteiger partial charge in [0.05, 0.1) is 6.54 Å². The molecule has 0 fully saturated rings. The Kier molecular flexibility index (Phi) is 7.85. The minimum Gasteiger partial charge on any atom is -0.350 e. The second-order valence-corrected chi connectivity index (χ2v) is 6.26. The average Bonchev–Trinajstić information content (AvgIpc) is 2.13. The van der Waals surface area contributed by atoms with E-state index in [-0.39, 0.29) is 11.4 Å². The minimum absolute atomic E-state index is 0.121. The Morgan fingerprint density at radius 3 is 2.38 bits per heavy atom. The average molecular weight is 246 g/mol. The molecule has 0 aromatic heterocycles. The molecule has 0 aromatic rings. The van der Waals surface area contributed by atoms with Gasteiger partial charge in [0.1, 0.15) is 0 Å². The number of hydrogen-bond acceptors (Lipinski definition) is 3. The van der Waals surface area contributed by atoms with Gasteiger partial charge in [-0.1, -0.05) is 13.8 Å². The molecule has 16 heavy (non-hydrogen) atoms. The van der Waals surface area contributed by atoms with Crippen LogP contribution in [0, 0.1) is 0 Å². The fraction of sp³-hybridized carbons (Fsp3) is 0.917. The summed E-state index contributed by atoms with van der Waals surface area (Å²) in [7, 11) is 0. The van der Waals surface area contributed by atoms with Crippen molar-refractivity contribution in [3.05, 3.63) is 0 Å². The highest BCUT2D eigenvalue weighted by molar-refractivity contribution is 7.99. The number of nitrogens with zero attached hydrogens (tertiary/aromatic N) is 1. The van der Waals surface area contributed by atoms with Crippen molar-refractivity contribution in [1.29, 1.82) is 0 Å². The molecule has 0 heterocycles. The Labute approximate surface area is 104 Å². The van der Waals surface area contributed by atoms with E-state index >= 15 is 0 Å². The molecule has 0 radical (unpaired) electrons. The van der Waals surface area contributed by atoms with Crippen LogP contribution in [0.1, 0.15) is 34.6 Å². The zero-order chi connectivity index (χ0) is 12.6. The first-order valence-electron chi connectivity index (χ1n) is 6.00. The number of rotatable bonds is 7. The molecule has 4 heteroatoms. The molecule has 0 aliphatic heterocycles. The van der Waals surface area contributed by atoms with Crippen LogP contribution in [-0.2, 0) is 4.79 Å². The van der Waals surface area contributed by atoms with E-state index in [1.165, 1.54) is 0 Å². The van der Waals surface area contributed by atoms with Crippen LogP contribution in [0.5, 0.6) is 0 Å². The number of nitrogens with one attached hydrogen (secondary N) is 1. The Bertz CT molecular complexity index is 202. The molecule has 0 bridgehead atoms. The third kappa shape index (κ3) is 9.04. The van der Waals surface area contributed by atoms with Crippen LogP contribution in [-0.4, -0.2) is 47.5 Å². The number of carbonyl (C=O) groups excluding carboxylic acids is 1. The maximum Gasteiger partial charge on any atom is 0.234 e. The highest BCUT2D eigenvalue weighted by atomic mass is 32.2. The summed E-state index contributed by atoms with van der Waals surface area (Å²) in [6.45, 7) is 12.7. The van der Waals surface area contributed by atoms with Gasteiger partial charge in [-0.05, 0) is 33.1 Å². The second-order valence-electron chi connectivity index (χ2n) is 4.86. The van der Waals surface area contributed by atoms with Crippen LogP contribution >= 0.6 is 11.8 Å². The summed E-state index contributed by atoms with van der Waals surface area (Å²) >= 11 is 1.92. The first-order valence-corrected chi connectivity index (χ1v) is 7.15. The summed E-state index contributed by atoms with van der Waals surface area (Å²) in [5.41, 5.74) is -0.130. The minimum atomic E-state index is -0.130. The van der Waals surface area contributed by atoms with Crippen molar-refractivity contribution >= 4 is 17.7 Å². The van der Waals surface area contributed by atoms with Crippen LogP contribution in [0.4, 0.5) is 0 Å². The van der Waals surface area contributed by atoms with Gasteiger partial charge in [0, 0.05) is 17.8 Å². The number of thioether (sulfide) groups is 1. The maximum atomic E-state index is 11.7. The van der Waals surface area contributed by atoms with Gasteiger partial charge < -0.3 is 5.32 Å². The van der Waals surface area contributed by atoms with E-state index in [1.807, 2.05) is 32.5 Å². The molecular weight excluding hydrogens is 220 g/mol. The fourth-order valence-corrected chi connectivity index (χ4v) is 2.02. The molecule has 0 spiro atoms. The van der Waals surface area contributed by atoms with Gasteiger partial charge in [0.15, 0.2) is 0 Å². The third-order valence-corrected chi connectivity index (χ3v) is 2.96. The number of likely N-dealkylation sites (N-methyl/N-ethyl adjacent to an activating group) is 1. The summed E-state index contributed by atoms with van der Waals surface area (Å²) in [6, 6.07) is 0. The van der Waals surface area contributed by atoms with Crippen LogP contribution in [0.3, 0.4) is 0 Å². The van der Waals surface area contributed by atoms with E-state index in [1.54, 1.807) is 0 Å². The molecule has 0 aromatic carbocycles. The normalized spacial score (nSPS) is 11.9. The maximum absolute atomic E-state index is 11.7. The summed E-state index contributed by atoms with van der Waals surface area (Å²) < 4.78 is 0. The standard InChI is InChI=1S/C12H26N2OS/c1-6-14(8-9-16-7-2)10-11(15)13-12(3,4)5/h6-10H2,1-5H3,(H,13,15). The largest absolute Gasteiger partial charge is 0.350 e. The lowest BCUT2D eigenvalue weighted by Gasteiger charge is -2.24. The molecule has 3 nitrogen and oxygen atoms in total. The van der Waals surface area contributed by atoms with Crippen molar-refractivity contribution in [3.63, 3.8) is 0 Å². The molecule has 0 saturated heterocycles. The quantitative estimate of drug-likeness (QED) is 0.697. The molecule has 0 unspecified atom stereocenters. The van der Waals surface area contributed by atoms with E-state index in [0.717, 1.165) is 24.6 Å². The van der Waals surface area contributed by atoms with E-state index in [0.29, 0.717) is 6.54 Å². The third-order valence-electron chi connectivity index (χ3n) is 2.08. The fourth-order valence-electron chi connectivity index (χ4n) is 1.35. The van der Waals surface area contributed by atoms with E-state index in [4.69, 9.17) is 0 Å². The molecule has 1 N–H and O–H groups in total. The molecular formula is C12H26N2OS. The van der Waals surface area contributed by atoms with Gasteiger partial charge in [-0.15, -0.1) is 0 Å². The van der Waals surface area contributed by atoms with Gasteiger partial charge in [0.25, 0.3) is 0 Å². The number of carbonyl (C=O) groups is 1. The van der Waals surface area contributed by atoms with E-state index in [2.05, 4.69) is 24.1 Å². The first-order chi connectivity index (χ1) is 7.39. The summed E-state index contributed by atoms with van der Waals surface area (Å²) in [5.74, 6) is 2.37. The lowest BCUT2D eigenvalue weighted by atomic mass is 10.1. The predicted molar refractivity (Wildman–Crippen MR) is 73.0 cm³/mol. The van der Waals surface area contributed by atoms with Gasteiger partial charge in [-0.2, -0.15) is 11.8 Å². The lowest BCUT2D eigenvalue weighted by molar-refractivity contribution is -0.123. The van der Waals surface area contributed by atoms with Crippen LogP contribution in [0.2, 0.25) is 0 Å². The van der Waals surface area contributed by atoms with Gasteiger partial charge in [-0.25, -0.2) is 0 Å². The monoisotopic (exact) mass is 246 g/mol. The number of amides is 1. The highest BCUT2D eigenvalue weighted by Crippen LogP contribution is 2.01. The summed E-state index contributed by atoms with van der Waals surface area (Å²) in [4.78, 5) is 13.9. The molecule has 0 saturated carbocycles. The van der Waals surface area contributed by atoms with Gasteiger partial charge in [0.2, 0.25) is 5.91 Å². The van der Waals surface area contributed by atoms with Crippen LogP contribution in [0.15, 0.2) is 0 Å². The van der Waals surface area contributed by atoms with Gasteiger partial charge >= 0.3 is 0 Å². The van der Waals surface area contributed by atoms with Crippen molar-refractivity contribution in [2.75, 3.05) is 31.1 Å². The van der Waals surface area contributed by atoms with Crippen molar-refractivity contribution in [1.82, 2.24) is 10.2 Å². The second kappa shape index (κ2) is 7.96. The van der Waals surface area contributed by atoms with Crippen molar-refractivity contribution in [2.45, 2.75) is 40.2 Å². The Morgan fingerprint density at radius 2 is 1.94 bits per heavy atom. The SMILES string of the molecule is CCSCCN(CC)CC(=O)NC(C)(C)C. The summed E-state index contributed by atoms with van der Waals surface area (Å²) in [5, 5.41) is 2.99. The lowest BCUT2D eigenvalue weighted by Crippen LogP contribution is -2.46. The molecule has 1 amide bonds. The molecule has 0 aliphatic rings. The highest BCUT2D eigenvalue weighted by Gasteiger charge is 2.15. The molecule has 0 rings (SSSR count). The van der Waals surface area contributed by atoms with Crippen LogP contribution in [0.25, 0.3) is 0 Å². The Balaban J connectivity index is 3.88.